The summed E-state index contributed by atoms with van der Waals surface area (Å²) in [5.74, 6) is -0.887. The van der Waals surface area contributed by atoms with E-state index < -0.39 is 10.9 Å². The molecule has 1 unspecified atom stereocenters. The van der Waals surface area contributed by atoms with Crippen molar-refractivity contribution < 1.29 is 14.8 Å². The third kappa shape index (κ3) is 5.49. The fourth-order valence-corrected chi connectivity index (χ4v) is 2.00. The molecule has 0 amide bonds. The zero-order valence-electron chi connectivity index (χ0n) is 12.5. The first-order valence-corrected chi connectivity index (χ1v) is 6.66. The molecule has 0 radical (unpaired) electrons. The second-order valence-electron chi connectivity index (χ2n) is 5.19. The first-order chi connectivity index (χ1) is 9.81. The zero-order valence-corrected chi connectivity index (χ0v) is 12.5. The molecule has 0 heterocycles. The van der Waals surface area contributed by atoms with E-state index in [2.05, 4.69) is 0 Å². The molecule has 1 aromatic carbocycles. The number of carboxylic acid groups (broad SMARTS) is 1. The normalized spacial score (nSPS) is 12.6. The number of carbonyl (C=O) groups is 1. The summed E-state index contributed by atoms with van der Waals surface area (Å²) in [5, 5.41) is 19.7. The lowest BCUT2D eigenvalue weighted by Crippen LogP contribution is -2.37. The van der Waals surface area contributed by atoms with Crippen molar-refractivity contribution >= 4 is 11.7 Å². The standard InChI is InChI=1S/C14H21N3O4/c1-11(12-4-6-13(7-5-12)17(20)21)16(10-14(18)19)9-8-15(2)3/h4-7,11H,8-10H2,1-3H3,(H,18,19). The van der Waals surface area contributed by atoms with E-state index in [-0.39, 0.29) is 18.3 Å². The number of benzene rings is 1. The minimum Gasteiger partial charge on any atom is -0.480 e. The third-order valence-corrected chi connectivity index (χ3v) is 3.31. The summed E-state index contributed by atoms with van der Waals surface area (Å²) in [6.45, 7) is 3.19. The number of nitro benzene ring substituents is 1. The average Bonchev–Trinajstić information content (AvgIpc) is 2.42. The first kappa shape index (κ1) is 17.1. The average molecular weight is 295 g/mol. The van der Waals surface area contributed by atoms with Crippen molar-refractivity contribution in [3.8, 4) is 0 Å². The second-order valence-corrected chi connectivity index (χ2v) is 5.19. The van der Waals surface area contributed by atoms with Gasteiger partial charge in [0.15, 0.2) is 0 Å². The molecule has 1 atom stereocenters. The van der Waals surface area contributed by atoms with Gasteiger partial charge >= 0.3 is 5.97 Å². The SMILES string of the molecule is CC(c1ccc([N+](=O)[O-])cc1)N(CCN(C)C)CC(=O)O. The van der Waals surface area contributed by atoms with Gasteiger partial charge < -0.3 is 10.0 Å². The molecule has 0 aliphatic carbocycles. The highest BCUT2D eigenvalue weighted by Gasteiger charge is 2.19. The molecule has 0 fully saturated rings. The lowest BCUT2D eigenvalue weighted by Gasteiger charge is -2.29. The topological polar surface area (TPSA) is 86.9 Å². The van der Waals surface area contributed by atoms with Gasteiger partial charge in [-0.05, 0) is 26.6 Å². The molecular formula is C14H21N3O4. The Morgan fingerprint density at radius 2 is 1.86 bits per heavy atom. The van der Waals surface area contributed by atoms with Gasteiger partial charge in [0.05, 0.1) is 11.5 Å². The van der Waals surface area contributed by atoms with Crippen LogP contribution in [0.1, 0.15) is 18.5 Å². The van der Waals surface area contributed by atoms with Crippen LogP contribution in [0.4, 0.5) is 5.69 Å². The number of rotatable bonds is 8. The highest BCUT2D eigenvalue weighted by Crippen LogP contribution is 2.22. The fraction of sp³-hybridized carbons (Fsp3) is 0.500. The number of hydrogen-bond acceptors (Lipinski definition) is 5. The van der Waals surface area contributed by atoms with Gasteiger partial charge in [-0.3, -0.25) is 19.8 Å². The molecule has 0 saturated heterocycles. The van der Waals surface area contributed by atoms with Crippen LogP contribution in [0.5, 0.6) is 0 Å². The van der Waals surface area contributed by atoms with E-state index in [1.54, 1.807) is 12.1 Å². The maximum atomic E-state index is 11.0. The summed E-state index contributed by atoms with van der Waals surface area (Å²) in [6.07, 6.45) is 0. The van der Waals surface area contributed by atoms with Crippen LogP contribution in [-0.2, 0) is 4.79 Å². The van der Waals surface area contributed by atoms with E-state index in [0.717, 1.165) is 12.1 Å². The smallest absolute Gasteiger partial charge is 0.317 e. The summed E-state index contributed by atoms with van der Waals surface area (Å²) in [4.78, 5) is 25.0. The maximum absolute atomic E-state index is 11.0. The number of nitrogens with zero attached hydrogens (tertiary/aromatic N) is 3. The molecule has 1 aromatic rings. The van der Waals surface area contributed by atoms with Crippen molar-refractivity contribution in [3.05, 3.63) is 39.9 Å². The Bertz CT molecular complexity index is 487. The van der Waals surface area contributed by atoms with Gasteiger partial charge in [-0.1, -0.05) is 12.1 Å². The Labute approximate surface area is 123 Å². The molecule has 1 N–H and O–H groups in total. The van der Waals surface area contributed by atoms with Crippen LogP contribution in [0.3, 0.4) is 0 Å². The third-order valence-electron chi connectivity index (χ3n) is 3.31. The minimum absolute atomic E-state index is 0.0315. The fourth-order valence-electron chi connectivity index (χ4n) is 2.00. The highest BCUT2D eigenvalue weighted by atomic mass is 16.6. The van der Waals surface area contributed by atoms with Crippen LogP contribution in [0.15, 0.2) is 24.3 Å². The molecule has 0 aliphatic heterocycles. The molecule has 0 aromatic heterocycles. The minimum atomic E-state index is -0.887. The Kier molecular flexibility index (Phi) is 6.26. The number of nitro groups is 1. The van der Waals surface area contributed by atoms with Crippen LogP contribution in [0.25, 0.3) is 0 Å². The van der Waals surface area contributed by atoms with Crippen molar-refractivity contribution in [3.63, 3.8) is 0 Å². The van der Waals surface area contributed by atoms with Crippen LogP contribution < -0.4 is 0 Å². The monoisotopic (exact) mass is 295 g/mol. The Balaban J connectivity index is 2.84. The van der Waals surface area contributed by atoms with Crippen molar-refractivity contribution in [2.24, 2.45) is 0 Å². The van der Waals surface area contributed by atoms with Gasteiger partial charge in [-0.25, -0.2) is 0 Å². The number of aliphatic carboxylic acids is 1. The summed E-state index contributed by atoms with van der Waals surface area (Å²) in [7, 11) is 3.85. The quantitative estimate of drug-likeness (QED) is 0.579. The van der Waals surface area contributed by atoms with Crippen LogP contribution in [-0.4, -0.2) is 59.5 Å². The van der Waals surface area contributed by atoms with Crippen molar-refractivity contribution in [1.82, 2.24) is 9.80 Å². The molecule has 0 spiro atoms. The van der Waals surface area contributed by atoms with Crippen molar-refractivity contribution in [2.75, 3.05) is 33.7 Å². The van der Waals surface area contributed by atoms with E-state index >= 15 is 0 Å². The number of likely N-dealkylation sites (N-methyl/N-ethyl adjacent to an activating group) is 1. The van der Waals surface area contributed by atoms with Gasteiger partial charge in [-0.2, -0.15) is 0 Å². The molecule has 0 aliphatic rings. The number of carboxylic acids is 1. The Morgan fingerprint density at radius 3 is 2.29 bits per heavy atom. The Morgan fingerprint density at radius 1 is 1.29 bits per heavy atom. The molecular weight excluding hydrogens is 274 g/mol. The lowest BCUT2D eigenvalue weighted by molar-refractivity contribution is -0.384. The Hall–Kier alpha value is -1.99. The van der Waals surface area contributed by atoms with E-state index in [9.17, 15) is 14.9 Å². The maximum Gasteiger partial charge on any atom is 0.317 e. The number of non-ortho nitro benzene ring substituents is 1. The van der Waals surface area contributed by atoms with E-state index in [1.807, 2.05) is 30.8 Å². The second kappa shape index (κ2) is 7.70. The molecule has 7 nitrogen and oxygen atoms in total. The summed E-state index contributed by atoms with van der Waals surface area (Å²) >= 11 is 0. The zero-order chi connectivity index (χ0) is 16.0. The molecule has 0 bridgehead atoms. The summed E-state index contributed by atoms with van der Waals surface area (Å²) in [6, 6.07) is 6.11. The van der Waals surface area contributed by atoms with E-state index in [1.165, 1.54) is 12.1 Å². The first-order valence-electron chi connectivity index (χ1n) is 6.66. The van der Waals surface area contributed by atoms with Crippen molar-refractivity contribution in [1.29, 1.82) is 0 Å². The molecule has 0 saturated carbocycles. The largest absolute Gasteiger partial charge is 0.480 e. The van der Waals surface area contributed by atoms with Crippen LogP contribution in [0.2, 0.25) is 0 Å². The predicted octanol–water partition coefficient (Wildman–Crippen LogP) is 1.60. The molecule has 116 valence electrons. The van der Waals surface area contributed by atoms with E-state index in [4.69, 9.17) is 5.11 Å². The lowest BCUT2D eigenvalue weighted by atomic mass is 10.1. The van der Waals surface area contributed by atoms with Crippen LogP contribution in [0, 0.1) is 10.1 Å². The van der Waals surface area contributed by atoms with Gasteiger partial charge in [0.2, 0.25) is 0 Å². The van der Waals surface area contributed by atoms with E-state index in [0.29, 0.717) is 6.54 Å². The van der Waals surface area contributed by atoms with Gasteiger partial charge in [0, 0.05) is 31.3 Å². The molecule has 21 heavy (non-hydrogen) atoms. The van der Waals surface area contributed by atoms with Crippen LogP contribution >= 0.6 is 0 Å². The molecule has 7 heteroatoms. The van der Waals surface area contributed by atoms with Crippen molar-refractivity contribution in [2.45, 2.75) is 13.0 Å². The highest BCUT2D eigenvalue weighted by molar-refractivity contribution is 5.69. The van der Waals surface area contributed by atoms with Gasteiger partial charge in [-0.15, -0.1) is 0 Å². The number of hydrogen-bond donors (Lipinski definition) is 1. The van der Waals surface area contributed by atoms with Gasteiger partial charge in [0.1, 0.15) is 0 Å². The summed E-state index contributed by atoms with van der Waals surface area (Å²) < 4.78 is 0. The predicted molar refractivity (Wildman–Crippen MR) is 79.3 cm³/mol. The van der Waals surface area contributed by atoms with Gasteiger partial charge in [0.25, 0.3) is 5.69 Å². The summed E-state index contributed by atoms with van der Waals surface area (Å²) in [5.41, 5.74) is 0.893. The molecule has 1 rings (SSSR count).